The summed E-state index contributed by atoms with van der Waals surface area (Å²) in [5, 5.41) is 13.0. The molecule has 116 valence electrons. The van der Waals surface area contributed by atoms with Crippen molar-refractivity contribution >= 4 is 34.8 Å². The topological polar surface area (TPSA) is 61.8 Å². The maximum Gasteiger partial charge on any atom is 0.254 e. The number of carbonyl (C=O) groups excluding carboxylic acids is 1. The Bertz CT molecular complexity index is 493. The highest BCUT2D eigenvalue weighted by atomic mass is 35.5. The SMILES string of the molecule is O=C(c1ccc(Cl)c(NCC(O)CCl)c1)N1CCOCC1. The third kappa shape index (κ3) is 4.48. The molecule has 0 bridgehead atoms. The van der Waals surface area contributed by atoms with Gasteiger partial charge in [-0.1, -0.05) is 11.6 Å². The molecular weight excluding hydrogens is 315 g/mol. The number of ether oxygens (including phenoxy) is 1. The van der Waals surface area contributed by atoms with Crippen molar-refractivity contribution in [3.05, 3.63) is 28.8 Å². The Morgan fingerprint density at radius 1 is 1.43 bits per heavy atom. The summed E-state index contributed by atoms with van der Waals surface area (Å²) in [6.45, 7) is 2.58. The summed E-state index contributed by atoms with van der Waals surface area (Å²) < 4.78 is 5.24. The molecular formula is C14H18Cl2N2O3. The van der Waals surface area contributed by atoms with E-state index in [4.69, 9.17) is 27.9 Å². The van der Waals surface area contributed by atoms with Crippen molar-refractivity contribution in [3.8, 4) is 0 Å². The smallest absolute Gasteiger partial charge is 0.254 e. The molecule has 7 heteroatoms. The van der Waals surface area contributed by atoms with Crippen molar-refractivity contribution in [1.82, 2.24) is 4.90 Å². The molecule has 21 heavy (non-hydrogen) atoms. The van der Waals surface area contributed by atoms with E-state index in [1.165, 1.54) is 0 Å². The fourth-order valence-corrected chi connectivity index (χ4v) is 2.32. The molecule has 0 radical (unpaired) electrons. The Balaban J connectivity index is 2.08. The molecule has 1 heterocycles. The molecule has 1 aromatic carbocycles. The van der Waals surface area contributed by atoms with Gasteiger partial charge in [-0.05, 0) is 18.2 Å². The average Bonchev–Trinajstić information content (AvgIpc) is 2.54. The van der Waals surface area contributed by atoms with Crippen LogP contribution in [0.2, 0.25) is 5.02 Å². The molecule has 2 N–H and O–H groups in total. The van der Waals surface area contributed by atoms with Gasteiger partial charge in [0.2, 0.25) is 0 Å². The second-order valence-corrected chi connectivity index (χ2v) is 5.50. The Labute approximate surface area is 133 Å². The lowest BCUT2D eigenvalue weighted by Gasteiger charge is -2.27. The number of rotatable bonds is 5. The summed E-state index contributed by atoms with van der Waals surface area (Å²) >= 11 is 11.6. The van der Waals surface area contributed by atoms with Crippen molar-refractivity contribution in [1.29, 1.82) is 0 Å². The standard InChI is InChI=1S/C14H18Cl2N2O3/c15-8-11(19)9-17-13-7-10(1-2-12(13)16)14(20)18-3-5-21-6-4-18/h1-2,7,11,17,19H,3-6,8-9H2. The summed E-state index contributed by atoms with van der Waals surface area (Å²) in [6, 6.07) is 5.06. The van der Waals surface area contributed by atoms with Crippen molar-refractivity contribution in [2.24, 2.45) is 0 Å². The van der Waals surface area contributed by atoms with Gasteiger partial charge in [-0.15, -0.1) is 11.6 Å². The van der Waals surface area contributed by atoms with Gasteiger partial charge in [0, 0.05) is 25.2 Å². The third-order valence-electron chi connectivity index (χ3n) is 3.22. The molecule has 2 rings (SSSR count). The van der Waals surface area contributed by atoms with E-state index >= 15 is 0 Å². The largest absolute Gasteiger partial charge is 0.390 e. The van der Waals surface area contributed by atoms with E-state index in [1.807, 2.05) is 0 Å². The maximum absolute atomic E-state index is 12.4. The first kappa shape index (κ1) is 16.4. The summed E-state index contributed by atoms with van der Waals surface area (Å²) in [5.74, 6) is 0.0905. The number of aliphatic hydroxyl groups is 1. The monoisotopic (exact) mass is 332 g/mol. The number of nitrogens with one attached hydrogen (secondary N) is 1. The average molecular weight is 333 g/mol. The second kappa shape index (κ2) is 7.84. The zero-order valence-corrected chi connectivity index (χ0v) is 13.0. The molecule has 1 aliphatic heterocycles. The van der Waals surface area contributed by atoms with Crippen LogP contribution in [-0.4, -0.2) is 60.7 Å². The number of anilines is 1. The highest BCUT2D eigenvalue weighted by molar-refractivity contribution is 6.33. The van der Waals surface area contributed by atoms with E-state index < -0.39 is 6.10 Å². The molecule has 0 spiro atoms. The molecule has 1 saturated heterocycles. The van der Waals surface area contributed by atoms with Crippen LogP contribution < -0.4 is 5.32 Å². The predicted molar refractivity (Wildman–Crippen MR) is 83.4 cm³/mol. The summed E-state index contributed by atoms with van der Waals surface area (Å²) in [7, 11) is 0. The van der Waals surface area contributed by atoms with Crippen molar-refractivity contribution in [3.63, 3.8) is 0 Å². The molecule has 0 aromatic heterocycles. The molecule has 1 atom stereocenters. The van der Waals surface area contributed by atoms with Crippen LogP contribution in [0.25, 0.3) is 0 Å². The van der Waals surface area contributed by atoms with Crippen LogP contribution >= 0.6 is 23.2 Å². The number of nitrogens with zero attached hydrogens (tertiary/aromatic N) is 1. The molecule has 1 unspecified atom stereocenters. The quantitative estimate of drug-likeness (QED) is 0.807. The first-order chi connectivity index (χ1) is 10.1. The summed E-state index contributed by atoms with van der Waals surface area (Å²) in [4.78, 5) is 14.1. The number of amides is 1. The van der Waals surface area contributed by atoms with Gasteiger partial charge in [-0.2, -0.15) is 0 Å². The predicted octanol–water partition coefficient (Wildman–Crippen LogP) is 1.82. The molecule has 1 fully saturated rings. The normalized spacial score (nSPS) is 16.6. The molecule has 1 aliphatic rings. The highest BCUT2D eigenvalue weighted by Crippen LogP contribution is 2.24. The number of hydrogen-bond acceptors (Lipinski definition) is 4. The van der Waals surface area contributed by atoms with Gasteiger partial charge >= 0.3 is 0 Å². The molecule has 1 amide bonds. The summed E-state index contributed by atoms with van der Waals surface area (Å²) in [5.41, 5.74) is 1.17. The minimum absolute atomic E-state index is 0.0455. The fraction of sp³-hybridized carbons (Fsp3) is 0.500. The zero-order valence-electron chi connectivity index (χ0n) is 11.5. The van der Waals surface area contributed by atoms with Crippen LogP contribution in [-0.2, 0) is 4.74 Å². The van der Waals surface area contributed by atoms with E-state index in [0.717, 1.165) is 0 Å². The van der Waals surface area contributed by atoms with E-state index in [0.29, 0.717) is 42.6 Å². The second-order valence-electron chi connectivity index (χ2n) is 4.79. The zero-order chi connectivity index (χ0) is 15.2. The molecule has 1 aromatic rings. The first-order valence-corrected chi connectivity index (χ1v) is 7.67. The lowest BCUT2D eigenvalue weighted by Crippen LogP contribution is -2.40. The van der Waals surface area contributed by atoms with Crippen molar-refractivity contribution in [2.45, 2.75) is 6.10 Å². The number of hydrogen-bond donors (Lipinski definition) is 2. The molecule has 0 saturated carbocycles. The Hall–Kier alpha value is -1.01. The Kier molecular flexibility index (Phi) is 6.11. The van der Waals surface area contributed by atoms with Gasteiger partial charge < -0.3 is 20.1 Å². The number of carbonyl (C=O) groups is 1. The lowest BCUT2D eigenvalue weighted by molar-refractivity contribution is 0.0303. The van der Waals surface area contributed by atoms with Crippen LogP contribution in [0.1, 0.15) is 10.4 Å². The van der Waals surface area contributed by atoms with Crippen molar-refractivity contribution < 1.29 is 14.6 Å². The minimum Gasteiger partial charge on any atom is -0.390 e. The van der Waals surface area contributed by atoms with Gasteiger partial charge in [-0.3, -0.25) is 4.79 Å². The van der Waals surface area contributed by atoms with Gasteiger partial charge in [-0.25, -0.2) is 0 Å². The summed E-state index contributed by atoms with van der Waals surface area (Å²) in [6.07, 6.45) is -0.665. The maximum atomic E-state index is 12.4. The first-order valence-electron chi connectivity index (χ1n) is 6.76. The van der Waals surface area contributed by atoms with E-state index in [9.17, 15) is 9.90 Å². The lowest BCUT2D eigenvalue weighted by atomic mass is 10.1. The molecule has 5 nitrogen and oxygen atoms in total. The number of morpholine rings is 1. The van der Waals surface area contributed by atoms with Crippen molar-refractivity contribution in [2.75, 3.05) is 44.0 Å². The van der Waals surface area contributed by atoms with E-state index in [1.54, 1.807) is 23.1 Å². The van der Waals surface area contributed by atoms with Crippen LogP contribution in [0.5, 0.6) is 0 Å². The third-order valence-corrected chi connectivity index (χ3v) is 3.90. The highest BCUT2D eigenvalue weighted by Gasteiger charge is 2.19. The number of alkyl halides is 1. The fourth-order valence-electron chi connectivity index (χ4n) is 2.03. The Morgan fingerprint density at radius 3 is 2.81 bits per heavy atom. The van der Waals surface area contributed by atoms with Crippen LogP contribution in [0, 0.1) is 0 Å². The number of halogens is 2. The van der Waals surface area contributed by atoms with E-state index in [2.05, 4.69) is 5.32 Å². The van der Waals surface area contributed by atoms with Gasteiger partial charge in [0.1, 0.15) is 0 Å². The van der Waals surface area contributed by atoms with Crippen LogP contribution in [0.4, 0.5) is 5.69 Å². The Morgan fingerprint density at radius 2 is 2.14 bits per heavy atom. The van der Waals surface area contributed by atoms with Gasteiger partial charge in [0.25, 0.3) is 5.91 Å². The minimum atomic E-state index is -0.665. The van der Waals surface area contributed by atoms with Crippen LogP contribution in [0.3, 0.4) is 0 Å². The van der Waals surface area contributed by atoms with Gasteiger partial charge in [0.05, 0.1) is 35.9 Å². The number of aliphatic hydroxyl groups excluding tert-OH is 1. The van der Waals surface area contributed by atoms with Gasteiger partial charge in [0.15, 0.2) is 0 Å². The van der Waals surface area contributed by atoms with Crippen LogP contribution in [0.15, 0.2) is 18.2 Å². The van der Waals surface area contributed by atoms with E-state index in [-0.39, 0.29) is 18.3 Å². The molecule has 0 aliphatic carbocycles. The number of benzene rings is 1.